The minimum Gasteiger partial charge on any atom is -0.391 e. The van der Waals surface area contributed by atoms with Crippen LogP contribution in [0.15, 0.2) is 12.2 Å². The summed E-state index contributed by atoms with van der Waals surface area (Å²) in [7, 11) is 1.64. The van der Waals surface area contributed by atoms with Crippen molar-refractivity contribution in [3.8, 4) is 0 Å². The van der Waals surface area contributed by atoms with Gasteiger partial charge in [0.2, 0.25) is 5.91 Å². The minimum atomic E-state index is -4.33. The molecule has 0 heterocycles. The van der Waals surface area contributed by atoms with E-state index >= 15 is 0 Å². The molecule has 0 rings (SSSR count). The Kier molecular flexibility index (Phi) is 58.3. The first kappa shape index (κ1) is 75.2. The zero-order valence-corrected chi connectivity index (χ0v) is 52.9. The van der Waals surface area contributed by atoms with E-state index in [1.807, 2.05) is 21.1 Å². The van der Waals surface area contributed by atoms with Gasteiger partial charge in [-0.3, -0.25) is 13.8 Å². The first-order chi connectivity index (χ1) is 37.0. The molecular formula is C67H136N2O6P+. The Morgan fingerprint density at radius 2 is 0.711 bits per heavy atom. The molecule has 0 aromatic rings. The molecule has 0 bridgehead atoms. The van der Waals surface area contributed by atoms with Gasteiger partial charge in [0, 0.05) is 6.42 Å². The summed E-state index contributed by atoms with van der Waals surface area (Å²) in [5.74, 6) is -0.137. The SMILES string of the molecule is CCCCCCCCCC/C=C\CCCCCCCCCCCCCCCC(=O)NC(COP(=O)(O)OCC[N+](C)(C)C)C(O)CCCCCCCCCCCCCCCCCCCCCCCCCCCCCCC. The van der Waals surface area contributed by atoms with Crippen molar-refractivity contribution in [1.29, 1.82) is 0 Å². The fourth-order valence-electron chi connectivity index (χ4n) is 10.7. The third-order valence-corrected chi connectivity index (χ3v) is 17.0. The number of unbranched alkanes of at least 4 members (excludes halogenated alkanes) is 49. The van der Waals surface area contributed by atoms with Crippen molar-refractivity contribution in [3.05, 3.63) is 12.2 Å². The van der Waals surface area contributed by atoms with Crippen molar-refractivity contribution in [2.45, 2.75) is 373 Å². The van der Waals surface area contributed by atoms with Crippen LogP contribution in [-0.4, -0.2) is 73.4 Å². The van der Waals surface area contributed by atoms with E-state index in [4.69, 9.17) is 9.05 Å². The normalized spacial score (nSPS) is 13.7. The topological polar surface area (TPSA) is 105 Å². The number of aliphatic hydroxyl groups is 1. The number of likely N-dealkylation sites (N-methyl/N-ethyl adjacent to an activating group) is 1. The summed E-state index contributed by atoms with van der Waals surface area (Å²) in [4.78, 5) is 23.4. The zero-order valence-electron chi connectivity index (χ0n) is 52.0. The number of nitrogens with zero attached hydrogens (tertiary/aromatic N) is 1. The van der Waals surface area contributed by atoms with Crippen molar-refractivity contribution >= 4 is 13.7 Å². The summed E-state index contributed by atoms with van der Waals surface area (Å²) in [6, 6.07) is -0.759. The number of amides is 1. The summed E-state index contributed by atoms with van der Waals surface area (Å²) >= 11 is 0. The molecule has 76 heavy (non-hydrogen) atoms. The largest absolute Gasteiger partial charge is 0.472 e. The lowest BCUT2D eigenvalue weighted by molar-refractivity contribution is -0.870. The van der Waals surface area contributed by atoms with Crippen LogP contribution < -0.4 is 5.32 Å². The highest BCUT2D eigenvalue weighted by Crippen LogP contribution is 2.43. The Balaban J connectivity index is 4.02. The molecule has 0 aromatic heterocycles. The molecule has 1 amide bonds. The maximum Gasteiger partial charge on any atom is 0.472 e. The van der Waals surface area contributed by atoms with Gasteiger partial charge in [-0.1, -0.05) is 328 Å². The van der Waals surface area contributed by atoms with Crippen LogP contribution in [0.4, 0.5) is 0 Å². The van der Waals surface area contributed by atoms with Gasteiger partial charge in [0.25, 0.3) is 0 Å². The van der Waals surface area contributed by atoms with Gasteiger partial charge < -0.3 is 19.8 Å². The number of nitrogens with one attached hydrogen (secondary N) is 1. The van der Waals surface area contributed by atoms with Crippen LogP contribution in [0, 0.1) is 0 Å². The van der Waals surface area contributed by atoms with Gasteiger partial charge in [0.05, 0.1) is 39.9 Å². The standard InChI is InChI=1S/C67H135N2O6P/c1-6-8-10-12-14-16-18-20-22-24-26-28-30-32-33-34-35-37-38-40-42-44-46-48-50-52-54-56-58-60-66(70)65(64-75-76(72,73)74-63-62-69(3,4)5)68-67(71)61-59-57-55-53-51-49-47-45-43-41-39-36-31-29-27-25-23-21-19-17-15-13-11-9-7-2/h25,27,65-66,70H,6-24,26,28-64H2,1-5H3,(H-,68,71,72,73)/p+1/b27-25-. The number of phosphoric acid groups is 1. The molecule has 0 saturated heterocycles. The average Bonchev–Trinajstić information content (AvgIpc) is 3.38. The van der Waals surface area contributed by atoms with Gasteiger partial charge in [-0.15, -0.1) is 0 Å². The molecule has 9 heteroatoms. The Bertz CT molecular complexity index is 1240. The van der Waals surface area contributed by atoms with Crippen molar-refractivity contribution in [3.63, 3.8) is 0 Å². The molecule has 0 saturated carbocycles. The average molecular weight is 1100 g/mol. The number of hydrogen-bond donors (Lipinski definition) is 3. The van der Waals surface area contributed by atoms with E-state index in [1.54, 1.807) is 0 Å². The second-order valence-electron chi connectivity index (χ2n) is 24.9. The molecule has 0 spiro atoms. The molecule has 8 nitrogen and oxygen atoms in total. The lowest BCUT2D eigenvalue weighted by atomic mass is 10.0. The molecule has 0 fully saturated rings. The van der Waals surface area contributed by atoms with E-state index in [1.165, 1.54) is 295 Å². The highest BCUT2D eigenvalue weighted by molar-refractivity contribution is 7.47. The molecule has 3 unspecified atom stereocenters. The summed E-state index contributed by atoms with van der Waals surface area (Å²) in [6.45, 7) is 4.95. The second-order valence-corrected chi connectivity index (χ2v) is 26.4. The Morgan fingerprint density at radius 3 is 1.01 bits per heavy atom. The van der Waals surface area contributed by atoms with Crippen molar-refractivity contribution in [2.24, 2.45) is 0 Å². The molecule has 0 radical (unpaired) electrons. The summed E-state index contributed by atoms with van der Waals surface area (Å²) in [6.07, 6.45) is 74.5. The van der Waals surface area contributed by atoms with Gasteiger partial charge in [0.1, 0.15) is 13.2 Å². The van der Waals surface area contributed by atoms with Crippen LogP contribution in [0.25, 0.3) is 0 Å². The van der Waals surface area contributed by atoms with E-state index in [-0.39, 0.29) is 19.1 Å². The Morgan fingerprint density at radius 1 is 0.434 bits per heavy atom. The van der Waals surface area contributed by atoms with Crippen molar-refractivity contribution in [2.75, 3.05) is 40.9 Å². The third kappa shape index (κ3) is 60.9. The van der Waals surface area contributed by atoms with Crippen LogP contribution in [0.3, 0.4) is 0 Å². The van der Waals surface area contributed by atoms with E-state index in [9.17, 15) is 19.4 Å². The molecule has 0 aliphatic heterocycles. The van der Waals surface area contributed by atoms with Gasteiger partial charge in [-0.05, 0) is 38.5 Å². The Hall–Kier alpha value is -0.760. The molecule has 3 atom stereocenters. The van der Waals surface area contributed by atoms with Crippen LogP contribution in [-0.2, 0) is 18.4 Å². The number of hydrogen-bond acceptors (Lipinski definition) is 5. The number of rotatable bonds is 64. The molecule has 0 aliphatic rings. The monoisotopic (exact) mass is 1100 g/mol. The van der Waals surface area contributed by atoms with Gasteiger partial charge >= 0.3 is 7.82 Å². The maximum atomic E-state index is 13.1. The van der Waals surface area contributed by atoms with Crippen LogP contribution in [0.2, 0.25) is 0 Å². The number of carbonyl (C=O) groups excluding carboxylic acids is 1. The quantitative estimate of drug-likeness (QED) is 0.0243. The highest BCUT2D eigenvalue weighted by atomic mass is 31.2. The van der Waals surface area contributed by atoms with Gasteiger partial charge in [-0.25, -0.2) is 4.57 Å². The third-order valence-electron chi connectivity index (χ3n) is 16.0. The predicted octanol–water partition coefficient (Wildman–Crippen LogP) is 21.3. The number of carbonyl (C=O) groups is 1. The first-order valence-electron chi connectivity index (χ1n) is 34.1. The fourth-order valence-corrected chi connectivity index (χ4v) is 11.4. The van der Waals surface area contributed by atoms with Crippen LogP contribution >= 0.6 is 7.82 Å². The van der Waals surface area contributed by atoms with Crippen LogP contribution in [0.1, 0.15) is 361 Å². The van der Waals surface area contributed by atoms with E-state index in [0.717, 1.165) is 38.5 Å². The zero-order chi connectivity index (χ0) is 55.6. The summed E-state index contributed by atoms with van der Waals surface area (Å²) in [5.41, 5.74) is 0. The summed E-state index contributed by atoms with van der Waals surface area (Å²) in [5, 5.41) is 14.1. The first-order valence-corrected chi connectivity index (χ1v) is 35.5. The second kappa shape index (κ2) is 58.9. The molecule has 454 valence electrons. The maximum absolute atomic E-state index is 13.1. The number of aliphatic hydroxyl groups excluding tert-OH is 1. The summed E-state index contributed by atoms with van der Waals surface area (Å²) < 4.78 is 23.9. The van der Waals surface area contributed by atoms with Crippen molar-refractivity contribution in [1.82, 2.24) is 5.32 Å². The van der Waals surface area contributed by atoms with E-state index in [2.05, 4.69) is 31.3 Å². The van der Waals surface area contributed by atoms with Crippen LogP contribution in [0.5, 0.6) is 0 Å². The lowest BCUT2D eigenvalue weighted by Crippen LogP contribution is -2.46. The molecule has 0 aromatic carbocycles. The Labute approximate surface area is 475 Å². The molecule has 0 aliphatic carbocycles. The fraction of sp³-hybridized carbons (Fsp3) is 0.955. The molecule has 3 N–H and O–H groups in total. The van der Waals surface area contributed by atoms with Crippen molar-refractivity contribution < 1.29 is 32.9 Å². The highest BCUT2D eigenvalue weighted by Gasteiger charge is 2.28. The lowest BCUT2D eigenvalue weighted by Gasteiger charge is -2.26. The van der Waals surface area contributed by atoms with E-state index < -0.39 is 20.0 Å². The van der Waals surface area contributed by atoms with E-state index in [0.29, 0.717) is 23.9 Å². The predicted molar refractivity (Wildman–Crippen MR) is 332 cm³/mol. The number of quaternary nitrogens is 1. The smallest absolute Gasteiger partial charge is 0.391 e. The van der Waals surface area contributed by atoms with Gasteiger partial charge in [0.15, 0.2) is 0 Å². The minimum absolute atomic E-state index is 0.0778. The number of allylic oxidation sites excluding steroid dienone is 2. The molecular weight excluding hydrogens is 960 g/mol. The number of phosphoric ester groups is 1. The van der Waals surface area contributed by atoms with Gasteiger partial charge in [-0.2, -0.15) is 0 Å².